The fraction of sp³-hybridized carbons (Fsp3) is 0.407. The number of carbonyl (C=O) groups excluding carboxylic acids is 2. The van der Waals surface area contributed by atoms with E-state index >= 15 is 0 Å². The van der Waals surface area contributed by atoms with E-state index in [9.17, 15) is 9.59 Å². The molecule has 6 heteroatoms. The van der Waals surface area contributed by atoms with Gasteiger partial charge in [-0.3, -0.25) is 14.5 Å². The summed E-state index contributed by atoms with van der Waals surface area (Å²) in [6.07, 6.45) is 2.21. The van der Waals surface area contributed by atoms with Crippen LogP contribution in [0.3, 0.4) is 0 Å². The number of allylic oxidation sites excluding steroid dienone is 2. The molecule has 1 unspecified atom stereocenters. The van der Waals surface area contributed by atoms with Crippen LogP contribution in [0.15, 0.2) is 53.7 Å². The van der Waals surface area contributed by atoms with Crippen molar-refractivity contribution in [3.05, 3.63) is 59.3 Å². The molecule has 0 fully saturated rings. The second kappa shape index (κ2) is 9.69. The van der Waals surface area contributed by atoms with Crippen LogP contribution in [0.2, 0.25) is 0 Å². The van der Waals surface area contributed by atoms with Gasteiger partial charge in [-0.15, -0.1) is 0 Å². The molecular weight excluding hydrogens is 416 g/mol. The maximum absolute atomic E-state index is 13.5. The minimum absolute atomic E-state index is 0.0234. The van der Waals surface area contributed by atoms with Gasteiger partial charge >= 0.3 is 0 Å². The van der Waals surface area contributed by atoms with E-state index in [2.05, 4.69) is 43.0 Å². The number of amides is 1. The minimum atomic E-state index is -0.216. The van der Waals surface area contributed by atoms with Gasteiger partial charge in [-0.2, -0.15) is 0 Å². The monoisotopic (exact) mass is 448 g/mol. The number of Topliss-reactive ketones (excluding diaryl/α,β-unsaturated/α-hetero) is 1. The van der Waals surface area contributed by atoms with E-state index in [0.29, 0.717) is 30.0 Å². The molecule has 33 heavy (non-hydrogen) atoms. The molecule has 4 rings (SSSR count). The SMILES string of the molecule is CCN(CC)c1ccc(C2CC(=O)N(c3ccc(OC)cc3OC)C3=C2C(=O)CCC3)cc1. The third-order valence-electron chi connectivity index (χ3n) is 6.73. The third-order valence-corrected chi connectivity index (χ3v) is 6.73. The molecule has 0 radical (unpaired) electrons. The molecule has 2 aromatic rings. The number of nitrogens with zero attached hydrogens (tertiary/aromatic N) is 2. The van der Waals surface area contributed by atoms with Crippen molar-refractivity contribution < 1.29 is 19.1 Å². The maximum Gasteiger partial charge on any atom is 0.232 e. The average Bonchev–Trinajstić information content (AvgIpc) is 2.84. The van der Waals surface area contributed by atoms with E-state index in [4.69, 9.17) is 9.47 Å². The molecule has 2 aliphatic rings. The Morgan fingerprint density at radius 3 is 2.33 bits per heavy atom. The predicted octanol–water partition coefficient (Wildman–Crippen LogP) is 5.08. The Morgan fingerprint density at radius 1 is 0.970 bits per heavy atom. The molecule has 2 aromatic carbocycles. The fourth-order valence-electron chi connectivity index (χ4n) is 5.03. The van der Waals surface area contributed by atoms with Gasteiger partial charge in [-0.1, -0.05) is 12.1 Å². The normalized spacial score (nSPS) is 18.3. The van der Waals surface area contributed by atoms with E-state index in [1.165, 1.54) is 0 Å². The third kappa shape index (κ3) is 4.22. The van der Waals surface area contributed by atoms with Crippen LogP contribution in [0.5, 0.6) is 11.5 Å². The Bertz CT molecular complexity index is 1070. The highest BCUT2D eigenvalue weighted by atomic mass is 16.5. The van der Waals surface area contributed by atoms with Crippen LogP contribution in [0.4, 0.5) is 11.4 Å². The number of carbonyl (C=O) groups is 2. The molecule has 0 saturated heterocycles. The number of rotatable bonds is 7. The molecule has 174 valence electrons. The molecule has 0 aromatic heterocycles. The topological polar surface area (TPSA) is 59.1 Å². The van der Waals surface area contributed by atoms with Gasteiger partial charge in [-0.25, -0.2) is 0 Å². The maximum atomic E-state index is 13.5. The second-order valence-corrected chi connectivity index (χ2v) is 8.42. The van der Waals surface area contributed by atoms with Crippen LogP contribution in [0.25, 0.3) is 0 Å². The van der Waals surface area contributed by atoms with Gasteiger partial charge in [0.25, 0.3) is 0 Å². The number of ketones is 1. The summed E-state index contributed by atoms with van der Waals surface area (Å²) in [5, 5.41) is 0. The summed E-state index contributed by atoms with van der Waals surface area (Å²) in [5.41, 5.74) is 4.40. The summed E-state index contributed by atoms with van der Waals surface area (Å²) in [4.78, 5) is 30.7. The Hall–Kier alpha value is -3.28. The van der Waals surface area contributed by atoms with Crippen molar-refractivity contribution in [2.75, 3.05) is 37.1 Å². The summed E-state index contributed by atoms with van der Waals surface area (Å²) in [5.74, 6) is 1.10. The molecule has 1 atom stereocenters. The van der Waals surface area contributed by atoms with Crippen LogP contribution >= 0.6 is 0 Å². The number of anilines is 2. The first-order valence-electron chi connectivity index (χ1n) is 11.7. The lowest BCUT2D eigenvalue weighted by Gasteiger charge is -2.38. The highest BCUT2D eigenvalue weighted by Gasteiger charge is 2.40. The number of benzene rings is 2. The van der Waals surface area contributed by atoms with Gasteiger partial charge in [0, 0.05) is 54.9 Å². The van der Waals surface area contributed by atoms with Gasteiger partial charge in [0.1, 0.15) is 11.5 Å². The van der Waals surface area contributed by atoms with Gasteiger partial charge in [0.2, 0.25) is 5.91 Å². The van der Waals surface area contributed by atoms with E-state index in [1.54, 1.807) is 25.2 Å². The molecule has 0 saturated carbocycles. The van der Waals surface area contributed by atoms with Gasteiger partial charge in [0.05, 0.1) is 19.9 Å². The lowest BCUT2D eigenvalue weighted by molar-refractivity contribution is -0.120. The summed E-state index contributed by atoms with van der Waals surface area (Å²) in [6.45, 7) is 6.14. The summed E-state index contributed by atoms with van der Waals surface area (Å²) in [7, 11) is 3.17. The van der Waals surface area contributed by atoms with E-state index in [0.717, 1.165) is 42.0 Å². The fourth-order valence-corrected chi connectivity index (χ4v) is 5.03. The highest BCUT2D eigenvalue weighted by Crippen LogP contribution is 2.46. The Kier molecular flexibility index (Phi) is 6.72. The van der Waals surface area contributed by atoms with E-state index < -0.39 is 0 Å². The van der Waals surface area contributed by atoms with E-state index in [-0.39, 0.29) is 24.0 Å². The molecule has 1 heterocycles. The molecule has 6 nitrogen and oxygen atoms in total. The minimum Gasteiger partial charge on any atom is -0.497 e. The van der Waals surface area contributed by atoms with Crippen LogP contribution in [0, 0.1) is 0 Å². The molecule has 0 spiro atoms. The van der Waals surface area contributed by atoms with Crippen molar-refractivity contribution in [2.45, 2.75) is 45.4 Å². The molecule has 0 bridgehead atoms. The van der Waals surface area contributed by atoms with Gasteiger partial charge in [-0.05, 0) is 56.5 Å². The highest BCUT2D eigenvalue weighted by molar-refractivity contribution is 6.08. The van der Waals surface area contributed by atoms with E-state index in [1.807, 2.05) is 12.1 Å². The smallest absolute Gasteiger partial charge is 0.232 e. The Labute approximate surface area is 195 Å². The summed E-state index contributed by atoms with van der Waals surface area (Å²) < 4.78 is 10.9. The lowest BCUT2D eigenvalue weighted by Crippen LogP contribution is -2.40. The first kappa shape index (κ1) is 22.9. The molecular formula is C27H32N2O4. The summed E-state index contributed by atoms with van der Waals surface area (Å²) >= 11 is 0. The lowest BCUT2D eigenvalue weighted by atomic mass is 9.77. The number of ether oxygens (including phenoxy) is 2. The standard InChI is InChI=1S/C27H32N2O4/c1-5-28(6-2)19-12-10-18(11-13-19)21-17-26(31)29(23-8-7-9-24(30)27(21)23)22-15-14-20(32-3)16-25(22)33-4/h10-16,21H,5-9,17H2,1-4H3. The first-order chi connectivity index (χ1) is 16.0. The van der Waals surface area contributed by atoms with Crippen LogP contribution in [-0.4, -0.2) is 39.0 Å². The average molecular weight is 449 g/mol. The zero-order valence-electron chi connectivity index (χ0n) is 19.9. The van der Waals surface area contributed by atoms with Crippen LogP contribution < -0.4 is 19.3 Å². The quantitative estimate of drug-likeness (QED) is 0.591. The van der Waals surface area contributed by atoms with Crippen LogP contribution in [-0.2, 0) is 9.59 Å². The van der Waals surface area contributed by atoms with Crippen LogP contribution in [0.1, 0.15) is 51.0 Å². The van der Waals surface area contributed by atoms with Crippen molar-refractivity contribution in [1.82, 2.24) is 0 Å². The largest absolute Gasteiger partial charge is 0.497 e. The molecule has 1 aliphatic carbocycles. The number of methoxy groups -OCH3 is 2. The zero-order valence-corrected chi connectivity index (χ0v) is 19.9. The molecule has 1 aliphatic heterocycles. The van der Waals surface area contributed by atoms with Crippen molar-refractivity contribution in [1.29, 1.82) is 0 Å². The Morgan fingerprint density at radius 2 is 1.70 bits per heavy atom. The zero-order chi connectivity index (χ0) is 23.5. The number of hydrogen-bond acceptors (Lipinski definition) is 5. The van der Waals surface area contributed by atoms with Crippen molar-refractivity contribution in [2.24, 2.45) is 0 Å². The van der Waals surface area contributed by atoms with Gasteiger partial charge < -0.3 is 14.4 Å². The second-order valence-electron chi connectivity index (χ2n) is 8.42. The first-order valence-corrected chi connectivity index (χ1v) is 11.7. The molecule has 0 N–H and O–H groups in total. The molecule has 1 amide bonds. The summed E-state index contributed by atoms with van der Waals surface area (Å²) in [6, 6.07) is 13.7. The predicted molar refractivity (Wildman–Crippen MR) is 130 cm³/mol. The van der Waals surface area contributed by atoms with Crippen molar-refractivity contribution in [3.8, 4) is 11.5 Å². The number of hydrogen-bond donors (Lipinski definition) is 0. The Balaban J connectivity index is 1.78. The van der Waals surface area contributed by atoms with Crippen molar-refractivity contribution in [3.63, 3.8) is 0 Å². The van der Waals surface area contributed by atoms with Crippen molar-refractivity contribution >= 4 is 23.1 Å². The van der Waals surface area contributed by atoms with Gasteiger partial charge in [0.15, 0.2) is 5.78 Å².